The van der Waals surface area contributed by atoms with Gasteiger partial charge in [-0.05, 0) is 19.1 Å². The summed E-state index contributed by atoms with van der Waals surface area (Å²) in [6, 6.07) is 3.78. The predicted octanol–water partition coefficient (Wildman–Crippen LogP) is 3.77. The van der Waals surface area contributed by atoms with Gasteiger partial charge in [0.2, 0.25) is 0 Å². The van der Waals surface area contributed by atoms with Crippen LogP contribution in [0.3, 0.4) is 0 Å². The summed E-state index contributed by atoms with van der Waals surface area (Å²) >= 11 is 1.16. The summed E-state index contributed by atoms with van der Waals surface area (Å²) < 4.78 is 42.9. The standard InChI is InChI=1S/C10H7F3NOS/c1-2-16-9-14-7-5-3-4-6(8(7)15-9)10(11,12)13/h3-5H,1-2H2. The first-order valence-electron chi connectivity index (χ1n) is 4.41. The SMILES string of the molecule is [CH2]CSc1nc2cccc(C(F)(F)F)c2o1. The molecule has 16 heavy (non-hydrogen) atoms. The second-order valence-electron chi connectivity index (χ2n) is 2.98. The van der Waals surface area contributed by atoms with Crippen LogP contribution in [0.5, 0.6) is 0 Å². The van der Waals surface area contributed by atoms with Gasteiger partial charge in [0.1, 0.15) is 11.1 Å². The molecule has 0 spiro atoms. The molecule has 1 radical (unpaired) electrons. The molecule has 0 fully saturated rings. The van der Waals surface area contributed by atoms with Gasteiger partial charge in [-0.15, -0.1) is 0 Å². The van der Waals surface area contributed by atoms with Crippen LogP contribution < -0.4 is 0 Å². The summed E-state index contributed by atoms with van der Waals surface area (Å²) in [6.07, 6.45) is -4.43. The Morgan fingerprint density at radius 2 is 2.12 bits per heavy atom. The molecule has 2 aromatic rings. The van der Waals surface area contributed by atoms with E-state index < -0.39 is 11.7 Å². The van der Waals surface area contributed by atoms with Crippen molar-refractivity contribution in [1.29, 1.82) is 0 Å². The number of benzene rings is 1. The largest absolute Gasteiger partial charge is 0.431 e. The normalized spacial score (nSPS) is 12.2. The molecule has 0 atom stereocenters. The Balaban J connectivity index is 2.59. The van der Waals surface area contributed by atoms with E-state index in [1.165, 1.54) is 12.1 Å². The van der Waals surface area contributed by atoms with Gasteiger partial charge in [-0.2, -0.15) is 13.2 Å². The third kappa shape index (κ3) is 2.02. The fourth-order valence-electron chi connectivity index (χ4n) is 1.30. The number of oxazole rings is 1. The summed E-state index contributed by atoms with van der Waals surface area (Å²) in [7, 11) is 0. The molecule has 0 aliphatic rings. The molecule has 0 amide bonds. The fourth-order valence-corrected chi connectivity index (χ4v) is 1.78. The highest BCUT2D eigenvalue weighted by Crippen LogP contribution is 2.36. The summed E-state index contributed by atoms with van der Waals surface area (Å²) in [5.74, 6) is 0.453. The Hall–Kier alpha value is -1.17. The van der Waals surface area contributed by atoms with Crippen LogP contribution in [0.25, 0.3) is 11.1 Å². The van der Waals surface area contributed by atoms with E-state index in [1.807, 2.05) is 0 Å². The van der Waals surface area contributed by atoms with Gasteiger partial charge in [-0.3, -0.25) is 0 Å². The fraction of sp³-hybridized carbons (Fsp3) is 0.200. The molecule has 85 valence electrons. The third-order valence-corrected chi connectivity index (χ3v) is 2.55. The van der Waals surface area contributed by atoms with Crippen LogP contribution in [-0.2, 0) is 6.18 Å². The minimum Gasteiger partial charge on any atom is -0.431 e. The van der Waals surface area contributed by atoms with Crippen LogP contribution >= 0.6 is 11.8 Å². The molecule has 1 aromatic carbocycles. The highest BCUT2D eigenvalue weighted by atomic mass is 32.2. The Bertz CT molecular complexity index is 506. The van der Waals surface area contributed by atoms with Gasteiger partial charge in [0.25, 0.3) is 5.22 Å². The maximum absolute atomic E-state index is 12.6. The Morgan fingerprint density at radius 1 is 1.38 bits per heavy atom. The van der Waals surface area contributed by atoms with Crippen molar-refractivity contribution in [3.63, 3.8) is 0 Å². The number of aromatic nitrogens is 1. The Labute approximate surface area is 93.8 Å². The summed E-state index contributed by atoms with van der Waals surface area (Å²) in [5, 5.41) is 0.210. The molecule has 0 N–H and O–H groups in total. The smallest absolute Gasteiger partial charge is 0.420 e. The second-order valence-corrected chi connectivity index (χ2v) is 4.03. The molecule has 2 nitrogen and oxygen atoms in total. The molecule has 0 aliphatic carbocycles. The molecular formula is C10H7F3NOS. The highest BCUT2D eigenvalue weighted by Gasteiger charge is 2.34. The molecule has 2 rings (SSSR count). The zero-order chi connectivity index (χ0) is 11.8. The van der Waals surface area contributed by atoms with Crippen LogP contribution in [-0.4, -0.2) is 10.7 Å². The summed E-state index contributed by atoms with van der Waals surface area (Å²) in [4.78, 5) is 3.93. The van der Waals surface area contributed by atoms with E-state index in [-0.39, 0.29) is 16.3 Å². The molecule has 0 aliphatic heterocycles. The Kier molecular flexibility index (Phi) is 2.84. The van der Waals surface area contributed by atoms with E-state index in [4.69, 9.17) is 4.42 Å². The molecule has 1 heterocycles. The van der Waals surface area contributed by atoms with Crippen LogP contribution in [0.4, 0.5) is 13.2 Å². The van der Waals surface area contributed by atoms with Crippen molar-refractivity contribution in [3.05, 3.63) is 30.7 Å². The first kappa shape index (κ1) is 11.3. The van der Waals surface area contributed by atoms with E-state index >= 15 is 0 Å². The number of hydrogen-bond acceptors (Lipinski definition) is 3. The second kappa shape index (κ2) is 4.01. The van der Waals surface area contributed by atoms with E-state index in [2.05, 4.69) is 11.9 Å². The van der Waals surface area contributed by atoms with Crippen LogP contribution in [0.2, 0.25) is 0 Å². The van der Waals surface area contributed by atoms with Gasteiger partial charge in [0, 0.05) is 5.75 Å². The first-order chi connectivity index (χ1) is 7.52. The lowest BCUT2D eigenvalue weighted by Gasteiger charge is -2.05. The predicted molar refractivity (Wildman–Crippen MR) is 55.1 cm³/mol. The van der Waals surface area contributed by atoms with Gasteiger partial charge >= 0.3 is 6.18 Å². The molecule has 6 heteroatoms. The molecule has 0 unspecified atom stereocenters. The Morgan fingerprint density at radius 3 is 2.75 bits per heavy atom. The van der Waals surface area contributed by atoms with E-state index in [1.54, 1.807) is 0 Å². The molecule has 0 bridgehead atoms. The van der Waals surface area contributed by atoms with Gasteiger partial charge in [0.05, 0.1) is 0 Å². The number of halogens is 3. The van der Waals surface area contributed by atoms with Gasteiger partial charge in [-0.1, -0.05) is 17.8 Å². The highest BCUT2D eigenvalue weighted by molar-refractivity contribution is 7.99. The number of rotatable bonds is 2. The summed E-state index contributed by atoms with van der Waals surface area (Å²) in [5.41, 5.74) is -0.801. The molecule has 1 aromatic heterocycles. The third-order valence-electron chi connectivity index (χ3n) is 1.93. The molecular weight excluding hydrogens is 239 g/mol. The number of fused-ring (bicyclic) bond motifs is 1. The maximum atomic E-state index is 12.6. The van der Waals surface area contributed by atoms with E-state index in [0.717, 1.165) is 17.8 Å². The molecule has 0 saturated heterocycles. The van der Waals surface area contributed by atoms with Crippen molar-refractivity contribution < 1.29 is 17.6 Å². The van der Waals surface area contributed by atoms with Crippen molar-refractivity contribution in [2.75, 3.05) is 5.75 Å². The van der Waals surface area contributed by atoms with Crippen molar-refractivity contribution in [2.24, 2.45) is 0 Å². The number of nitrogens with zero attached hydrogens (tertiary/aromatic N) is 1. The maximum Gasteiger partial charge on any atom is 0.420 e. The van der Waals surface area contributed by atoms with Crippen LogP contribution in [0.15, 0.2) is 27.8 Å². The van der Waals surface area contributed by atoms with Gasteiger partial charge in [-0.25, -0.2) is 4.98 Å². The van der Waals surface area contributed by atoms with E-state index in [9.17, 15) is 13.2 Å². The van der Waals surface area contributed by atoms with Crippen molar-refractivity contribution in [2.45, 2.75) is 11.4 Å². The first-order valence-corrected chi connectivity index (χ1v) is 5.39. The van der Waals surface area contributed by atoms with Crippen molar-refractivity contribution >= 4 is 22.9 Å². The zero-order valence-electron chi connectivity index (χ0n) is 8.04. The van der Waals surface area contributed by atoms with Gasteiger partial charge in [0.15, 0.2) is 5.58 Å². The number of hydrogen-bond donors (Lipinski definition) is 0. The quantitative estimate of drug-likeness (QED) is 0.754. The number of para-hydroxylation sites is 1. The number of alkyl halides is 3. The lowest BCUT2D eigenvalue weighted by atomic mass is 10.2. The molecule has 0 saturated carbocycles. The lowest BCUT2D eigenvalue weighted by molar-refractivity contribution is -0.136. The lowest BCUT2D eigenvalue weighted by Crippen LogP contribution is -2.04. The van der Waals surface area contributed by atoms with E-state index in [0.29, 0.717) is 5.75 Å². The summed E-state index contributed by atoms with van der Waals surface area (Å²) in [6.45, 7) is 3.56. The monoisotopic (exact) mass is 246 g/mol. The van der Waals surface area contributed by atoms with Crippen molar-refractivity contribution in [1.82, 2.24) is 4.98 Å². The average molecular weight is 246 g/mol. The van der Waals surface area contributed by atoms with Gasteiger partial charge < -0.3 is 4.42 Å². The van der Waals surface area contributed by atoms with Crippen LogP contribution in [0.1, 0.15) is 5.56 Å². The topological polar surface area (TPSA) is 26.0 Å². The average Bonchev–Trinajstić information content (AvgIpc) is 2.58. The zero-order valence-corrected chi connectivity index (χ0v) is 8.86. The van der Waals surface area contributed by atoms with Crippen LogP contribution in [0, 0.1) is 6.92 Å². The van der Waals surface area contributed by atoms with Crippen molar-refractivity contribution in [3.8, 4) is 0 Å². The minimum absolute atomic E-state index is 0.210. The number of thioether (sulfide) groups is 1. The minimum atomic E-state index is -4.43.